The van der Waals surface area contributed by atoms with Crippen molar-refractivity contribution in [2.45, 2.75) is 0 Å². The first-order valence-corrected chi connectivity index (χ1v) is 8.62. The summed E-state index contributed by atoms with van der Waals surface area (Å²) in [5.41, 5.74) is -0.835. The van der Waals surface area contributed by atoms with Crippen molar-refractivity contribution in [2.75, 3.05) is 14.1 Å². The van der Waals surface area contributed by atoms with Gasteiger partial charge in [0.1, 0.15) is 11.4 Å². The lowest BCUT2D eigenvalue weighted by atomic mass is 10.1. The van der Waals surface area contributed by atoms with Gasteiger partial charge in [0.15, 0.2) is 4.77 Å². The number of imide groups is 1. The molecule has 0 radical (unpaired) electrons. The third-order valence-electron chi connectivity index (χ3n) is 4.19. The smallest absolute Gasteiger partial charge is 0.332 e. The highest BCUT2D eigenvalue weighted by molar-refractivity contribution is 7.71. The Morgan fingerprint density at radius 2 is 1.75 bits per heavy atom. The summed E-state index contributed by atoms with van der Waals surface area (Å²) in [6, 6.07) is 5.65. The van der Waals surface area contributed by atoms with Gasteiger partial charge in [-0.15, -0.1) is 0 Å². The summed E-state index contributed by atoms with van der Waals surface area (Å²) in [5.74, 6) is -1.69. The fraction of sp³-hybridized carbons (Fsp3) is 0.118. The minimum absolute atomic E-state index is 0.0681. The van der Waals surface area contributed by atoms with Crippen molar-refractivity contribution in [3.63, 3.8) is 0 Å². The summed E-state index contributed by atoms with van der Waals surface area (Å²) in [5, 5.41) is 19.2. The molecular weight excluding hydrogens is 406 g/mol. The maximum Gasteiger partial charge on any atom is 0.332 e. The topological polar surface area (TPSA) is 122 Å². The van der Waals surface area contributed by atoms with Gasteiger partial charge in [-0.25, -0.2) is 4.79 Å². The number of likely N-dealkylation sites (N-methyl/N-ethyl adjacent to an activating group) is 2. The Morgan fingerprint density at radius 3 is 2.36 bits per heavy atom. The number of rotatable bonds is 2. The van der Waals surface area contributed by atoms with E-state index in [0.717, 1.165) is 15.9 Å². The van der Waals surface area contributed by atoms with Crippen LogP contribution in [0.1, 0.15) is 5.56 Å². The monoisotopic (exact) mass is 419 g/mol. The minimum atomic E-state index is -0.771. The first kappa shape index (κ1) is 19.5. The average molecular weight is 420 g/mol. The van der Waals surface area contributed by atoms with Crippen LogP contribution in [0.5, 0.6) is 5.88 Å². The van der Waals surface area contributed by atoms with Crippen LogP contribution in [0.25, 0.3) is 11.8 Å². The number of aromatic amines is 1. The predicted molar refractivity (Wildman–Crippen MR) is 106 cm³/mol. The first-order valence-electron chi connectivity index (χ1n) is 7.84. The number of amidine groups is 1. The van der Waals surface area contributed by atoms with Crippen LogP contribution in [0.4, 0.5) is 4.79 Å². The minimum Gasteiger partial charge on any atom is -0.494 e. The van der Waals surface area contributed by atoms with Crippen LogP contribution < -0.4 is 5.56 Å². The van der Waals surface area contributed by atoms with Crippen molar-refractivity contribution in [1.29, 1.82) is 5.41 Å². The Kier molecular flexibility index (Phi) is 4.92. The van der Waals surface area contributed by atoms with Crippen molar-refractivity contribution >= 4 is 47.7 Å². The van der Waals surface area contributed by atoms with Gasteiger partial charge in [0.05, 0.1) is 11.3 Å². The summed E-state index contributed by atoms with van der Waals surface area (Å²) < 4.78 is 1.12. The average Bonchev–Trinajstić information content (AvgIpc) is 2.65. The Balaban J connectivity index is 2.23. The molecule has 0 spiro atoms. The van der Waals surface area contributed by atoms with Crippen molar-refractivity contribution < 1.29 is 14.7 Å². The number of urea groups is 1. The van der Waals surface area contributed by atoms with Gasteiger partial charge in [0.25, 0.3) is 11.5 Å². The summed E-state index contributed by atoms with van der Waals surface area (Å²) in [4.78, 5) is 40.9. The molecule has 28 heavy (non-hydrogen) atoms. The lowest BCUT2D eigenvalue weighted by Gasteiger charge is -2.31. The summed E-state index contributed by atoms with van der Waals surface area (Å²) in [7, 11) is 2.58. The zero-order valence-electron chi connectivity index (χ0n) is 14.7. The highest BCUT2D eigenvalue weighted by Gasteiger charge is 2.35. The van der Waals surface area contributed by atoms with Crippen molar-refractivity contribution in [2.24, 2.45) is 0 Å². The van der Waals surface area contributed by atoms with Gasteiger partial charge in [0.2, 0.25) is 5.88 Å². The number of halogens is 1. The zero-order valence-corrected chi connectivity index (χ0v) is 16.3. The number of nitrogens with one attached hydrogen (secondary N) is 2. The van der Waals surface area contributed by atoms with Crippen LogP contribution in [0.15, 0.2) is 34.6 Å². The van der Waals surface area contributed by atoms with Crippen LogP contribution in [0, 0.1) is 10.2 Å². The number of aromatic hydroxyl groups is 1. The van der Waals surface area contributed by atoms with Gasteiger partial charge in [-0.2, -0.15) is 0 Å². The molecule has 0 aliphatic carbocycles. The lowest BCUT2D eigenvalue weighted by molar-refractivity contribution is -0.123. The first-order chi connectivity index (χ1) is 13.1. The molecule has 0 atom stereocenters. The second-order valence-electron chi connectivity index (χ2n) is 5.92. The number of nitrogens with zero attached hydrogens (tertiary/aromatic N) is 3. The summed E-state index contributed by atoms with van der Waals surface area (Å²) in [6.45, 7) is 0. The molecular formula is C17H14ClN5O4S. The number of hydrogen-bond donors (Lipinski definition) is 3. The van der Waals surface area contributed by atoms with E-state index in [1.54, 1.807) is 24.3 Å². The molecule has 3 amide bonds. The fourth-order valence-electron chi connectivity index (χ4n) is 2.64. The number of carbonyl (C=O) groups excluding carboxylic acids is 2. The molecule has 2 aromatic rings. The third-order valence-corrected chi connectivity index (χ3v) is 4.73. The molecule has 1 aliphatic heterocycles. The normalized spacial score (nSPS) is 16.2. The van der Waals surface area contributed by atoms with E-state index in [0.29, 0.717) is 10.7 Å². The van der Waals surface area contributed by atoms with Crippen LogP contribution in [-0.2, 0) is 4.79 Å². The van der Waals surface area contributed by atoms with Crippen LogP contribution in [0.2, 0.25) is 5.02 Å². The molecule has 9 nitrogen and oxygen atoms in total. The van der Waals surface area contributed by atoms with Crippen molar-refractivity contribution in [3.8, 4) is 11.6 Å². The zero-order chi connectivity index (χ0) is 20.7. The van der Waals surface area contributed by atoms with E-state index in [2.05, 4.69) is 4.98 Å². The van der Waals surface area contributed by atoms with Crippen LogP contribution >= 0.6 is 23.8 Å². The Labute approximate surface area is 168 Å². The molecule has 144 valence electrons. The number of amides is 3. The molecule has 1 aromatic heterocycles. The molecule has 0 bridgehead atoms. The van der Waals surface area contributed by atoms with E-state index in [1.165, 1.54) is 18.7 Å². The fourth-order valence-corrected chi connectivity index (χ4v) is 3.05. The SMILES string of the molecule is CN1C(=N)C(=Cc2c(O)n(-c3ccc(Cl)cc3)c(=S)[nH]c2=O)C(=O)N(C)C1=O. The summed E-state index contributed by atoms with van der Waals surface area (Å²) >= 11 is 11.0. The largest absolute Gasteiger partial charge is 0.494 e. The van der Waals surface area contributed by atoms with E-state index in [9.17, 15) is 19.5 Å². The van der Waals surface area contributed by atoms with E-state index in [4.69, 9.17) is 29.2 Å². The molecule has 1 saturated heterocycles. The molecule has 3 rings (SSSR count). The Morgan fingerprint density at radius 1 is 1.14 bits per heavy atom. The predicted octanol–water partition coefficient (Wildman–Crippen LogP) is 2.14. The molecule has 0 saturated carbocycles. The number of hydrogen-bond acceptors (Lipinski definition) is 6. The Hall–Kier alpha value is -3.24. The van der Waals surface area contributed by atoms with Gasteiger partial charge in [-0.1, -0.05) is 11.6 Å². The van der Waals surface area contributed by atoms with E-state index >= 15 is 0 Å². The number of carbonyl (C=O) groups is 2. The standard InChI is InChI=1S/C17H14ClN5O4S/c1-21-12(19)10(14(25)22(2)17(21)27)7-11-13(24)20-16(28)23(15(11)26)9-5-3-8(18)4-6-9/h3-7,19,26H,1-2H3,(H,20,24,28). The highest BCUT2D eigenvalue weighted by Crippen LogP contribution is 2.24. The number of benzene rings is 1. The molecule has 0 unspecified atom stereocenters. The highest BCUT2D eigenvalue weighted by atomic mass is 35.5. The maximum atomic E-state index is 12.4. The number of H-pyrrole nitrogens is 1. The third kappa shape index (κ3) is 3.12. The quantitative estimate of drug-likeness (QED) is 0.508. The molecule has 1 aromatic carbocycles. The van der Waals surface area contributed by atoms with Crippen molar-refractivity contribution in [3.05, 3.63) is 55.5 Å². The van der Waals surface area contributed by atoms with Crippen LogP contribution in [0.3, 0.4) is 0 Å². The maximum absolute atomic E-state index is 12.4. The van der Waals surface area contributed by atoms with Gasteiger partial charge >= 0.3 is 6.03 Å². The van der Waals surface area contributed by atoms with Gasteiger partial charge in [-0.05, 0) is 42.6 Å². The summed E-state index contributed by atoms with van der Waals surface area (Å²) in [6.07, 6.45) is 1.06. The second kappa shape index (κ2) is 7.06. The molecule has 3 N–H and O–H groups in total. The number of aromatic nitrogens is 2. The second-order valence-corrected chi connectivity index (χ2v) is 6.74. The lowest BCUT2D eigenvalue weighted by Crippen LogP contribution is -2.52. The Bertz CT molecular complexity index is 1140. The molecule has 2 heterocycles. The molecule has 1 fully saturated rings. The van der Waals surface area contributed by atoms with E-state index < -0.39 is 29.2 Å². The van der Waals surface area contributed by atoms with Gasteiger partial charge in [-0.3, -0.25) is 34.3 Å². The molecule has 1 aliphatic rings. The van der Waals surface area contributed by atoms with Gasteiger partial charge < -0.3 is 5.11 Å². The molecule has 11 heteroatoms. The van der Waals surface area contributed by atoms with E-state index in [-0.39, 0.29) is 15.9 Å². The van der Waals surface area contributed by atoms with Crippen molar-refractivity contribution in [1.82, 2.24) is 19.4 Å². The van der Waals surface area contributed by atoms with Crippen LogP contribution in [-0.4, -0.2) is 56.3 Å². The van der Waals surface area contributed by atoms with Gasteiger partial charge in [0, 0.05) is 19.1 Å². The van der Waals surface area contributed by atoms with E-state index in [1.807, 2.05) is 0 Å².